The molecule has 0 bridgehead atoms. The molecule has 120 valence electrons. The van der Waals surface area contributed by atoms with Crippen LogP contribution in [0.5, 0.6) is 5.75 Å². The molecule has 22 heavy (non-hydrogen) atoms. The summed E-state index contributed by atoms with van der Waals surface area (Å²) >= 11 is 0. The van der Waals surface area contributed by atoms with Crippen LogP contribution < -0.4 is 4.74 Å². The molecule has 0 radical (unpaired) electrons. The highest BCUT2D eigenvalue weighted by Crippen LogP contribution is 2.38. The molecule has 2 rings (SSSR count). The number of hydrogen-bond donors (Lipinski definition) is 0. The number of esters is 1. The fourth-order valence-electron chi connectivity index (χ4n) is 3.36. The predicted octanol–water partition coefficient (Wildman–Crippen LogP) is 4.51. The molecule has 1 aliphatic heterocycles. The van der Waals surface area contributed by atoms with E-state index < -0.39 is 8.07 Å². The highest BCUT2D eigenvalue weighted by atomic mass is 28.3. The average Bonchev–Trinajstić information content (AvgIpc) is 2.43. The fraction of sp³-hybridized carbons (Fsp3) is 0.500. The molecule has 1 heterocycles. The maximum atomic E-state index is 12.1. The Kier molecular flexibility index (Phi) is 5.11. The van der Waals surface area contributed by atoms with Gasteiger partial charge in [0.15, 0.2) is 6.61 Å². The van der Waals surface area contributed by atoms with Gasteiger partial charge in [-0.2, -0.15) is 0 Å². The van der Waals surface area contributed by atoms with Crippen LogP contribution in [0.3, 0.4) is 0 Å². The monoisotopic (exact) mass is 318 g/mol. The number of carbonyl (C=O) groups is 1. The number of carbonyl (C=O) groups excluding carboxylic acids is 1. The van der Waals surface area contributed by atoms with E-state index in [4.69, 9.17) is 9.47 Å². The molecule has 1 atom stereocenters. The summed E-state index contributed by atoms with van der Waals surface area (Å²) in [6.07, 6.45) is 3.89. The molecule has 1 unspecified atom stereocenters. The summed E-state index contributed by atoms with van der Waals surface area (Å²) in [7, 11) is -1.22. The van der Waals surface area contributed by atoms with Gasteiger partial charge in [-0.3, -0.25) is 0 Å². The lowest BCUT2D eigenvalue weighted by Gasteiger charge is -2.40. The standard InChI is InChI=1S/C18H26O3Si/c1-5-15-7-9-16(10-8-15)20-13-17(19)21-18(2)11-6-12-22(3,4)14-18/h5,7-10H,1,6,11-14H2,2-4H3. The molecular weight excluding hydrogens is 292 g/mol. The molecule has 1 aromatic rings. The minimum atomic E-state index is -1.22. The second-order valence-corrected chi connectivity index (χ2v) is 12.4. The van der Waals surface area contributed by atoms with Gasteiger partial charge in [-0.1, -0.05) is 50.3 Å². The van der Waals surface area contributed by atoms with Crippen LogP contribution in [0.15, 0.2) is 30.8 Å². The first-order valence-electron chi connectivity index (χ1n) is 7.89. The number of hydrogen-bond acceptors (Lipinski definition) is 3. The van der Waals surface area contributed by atoms with Gasteiger partial charge in [0.2, 0.25) is 0 Å². The molecule has 0 saturated carbocycles. The first-order valence-corrected chi connectivity index (χ1v) is 11.3. The van der Waals surface area contributed by atoms with Gasteiger partial charge in [0.1, 0.15) is 11.4 Å². The van der Waals surface area contributed by atoms with Gasteiger partial charge < -0.3 is 9.47 Å². The number of benzene rings is 1. The van der Waals surface area contributed by atoms with Gasteiger partial charge in [0.05, 0.1) is 8.07 Å². The van der Waals surface area contributed by atoms with Crippen LogP contribution in [0.25, 0.3) is 6.08 Å². The van der Waals surface area contributed by atoms with Gasteiger partial charge in [0, 0.05) is 0 Å². The van der Waals surface area contributed by atoms with E-state index in [1.165, 1.54) is 6.04 Å². The number of rotatable bonds is 5. The lowest BCUT2D eigenvalue weighted by molar-refractivity contribution is -0.159. The van der Waals surface area contributed by atoms with Crippen molar-refractivity contribution >= 4 is 20.1 Å². The Morgan fingerprint density at radius 2 is 2.05 bits per heavy atom. The van der Waals surface area contributed by atoms with Gasteiger partial charge in [-0.05, 0) is 37.1 Å². The summed E-state index contributed by atoms with van der Waals surface area (Å²) < 4.78 is 11.2. The normalized spacial score (nSPS) is 23.6. The maximum Gasteiger partial charge on any atom is 0.344 e. The van der Waals surface area contributed by atoms with E-state index in [2.05, 4.69) is 26.6 Å². The van der Waals surface area contributed by atoms with E-state index >= 15 is 0 Å². The van der Waals surface area contributed by atoms with Crippen molar-refractivity contribution in [1.82, 2.24) is 0 Å². The van der Waals surface area contributed by atoms with Crippen LogP contribution in [-0.2, 0) is 9.53 Å². The zero-order valence-corrected chi connectivity index (χ0v) is 14.9. The molecule has 0 spiro atoms. The molecule has 0 amide bonds. The Labute approximate surface area is 134 Å². The third-order valence-electron chi connectivity index (χ3n) is 4.24. The van der Waals surface area contributed by atoms with Crippen molar-refractivity contribution in [3.8, 4) is 5.75 Å². The Morgan fingerprint density at radius 1 is 1.36 bits per heavy atom. The minimum absolute atomic E-state index is 0.0367. The molecule has 1 fully saturated rings. The summed E-state index contributed by atoms with van der Waals surface area (Å²) in [6.45, 7) is 10.5. The molecule has 3 nitrogen and oxygen atoms in total. The maximum absolute atomic E-state index is 12.1. The van der Waals surface area contributed by atoms with Crippen molar-refractivity contribution in [3.63, 3.8) is 0 Å². The van der Waals surface area contributed by atoms with Crippen LogP contribution in [0.4, 0.5) is 0 Å². The topological polar surface area (TPSA) is 35.5 Å². The largest absolute Gasteiger partial charge is 0.482 e. The van der Waals surface area contributed by atoms with Gasteiger partial charge >= 0.3 is 5.97 Å². The van der Waals surface area contributed by atoms with Crippen molar-refractivity contribution in [2.45, 2.75) is 50.5 Å². The van der Waals surface area contributed by atoms with Crippen LogP contribution in [-0.4, -0.2) is 26.3 Å². The Bertz CT molecular complexity index is 536. The molecule has 0 aromatic heterocycles. The number of ether oxygens (including phenoxy) is 2. The summed E-state index contributed by atoms with van der Waals surface area (Å²) in [4.78, 5) is 12.1. The molecule has 1 aliphatic rings. The third kappa shape index (κ3) is 4.73. The summed E-state index contributed by atoms with van der Waals surface area (Å²) in [5, 5.41) is 0. The van der Waals surface area contributed by atoms with Crippen LogP contribution in [0.1, 0.15) is 25.3 Å². The van der Waals surface area contributed by atoms with E-state index in [1.807, 2.05) is 24.3 Å². The summed E-state index contributed by atoms with van der Waals surface area (Å²) in [6, 6.07) is 9.85. The molecular formula is C18H26O3Si. The highest BCUT2D eigenvalue weighted by molar-refractivity contribution is 6.77. The molecule has 0 aliphatic carbocycles. The molecule has 1 aromatic carbocycles. The smallest absolute Gasteiger partial charge is 0.344 e. The molecule has 1 saturated heterocycles. The van der Waals surface area contributed by atoms with Crippen LogP contribution in [0.2, 0.25) is 25.2 Å². The van der Waals surface area contributed by atoms with Crippen molar-refractivity contribution in [2.75, 3.05) is 6.61 Å². The van der Waals surface area contributed by atoms with Crippen molar-refractivity contribution < 1.29 is 14.3 Å². The first-order chi connectivity index (χ1) is 10.3. The van der Waals surface area contributed by atoms with E-state index in [0.717, 1.165) is 24.4 Å². The van der Waals surface area contributed by atoms with Crippen molar-refractivity contribution in [2.24, 2.45) is 0 Å². The van der Waals surface area contributed by atoms with Gasteiger partial charge in [0.25, 0.3) is 0 Å². The Morgan fingerprint density at radius 3 is 2.64 bits per heavy atom. The van der Waals surface area contributed by atoms with Crippen molar-refractivity contribution in [3.05, 3.63) is 36.4 Å². The second kappa shape index (κ2) is 6.69. The first kappa shape index (κ1) is 16.8. The highest BCUT2D eigenvalue weighted by Gasteiger charge is 2.40. The quantitative estimate of drug-likeness (QED) is 0.592. The zero-order valence-electron chi connectivity index (χ0n) is 13.9. The van der Waals surface area contributed by atoms with E-state index in [0.29, 0.717) is 5.75 Å². The van der Waals surface area contributed by atoms with Gasteiger partial charge in [-0.25, -0.2) is 4.79 Å². The fourth-order valence-corrected chi connectivity index (χ4v) is 6.95. The Hall–Kier alpha value is -1.55. The van der Waals surface area contributed by atoms with Crippen LogP contribution in [0, 0.1) is 0 Å². The third-order valence-corrected chi connectivity index (χ3v) is 7.66. The average molecular weight is 318 g/mol. The Balaban J connectivity index is 1.85. The predicted molar refractivity (Wildman–Crippen MR) is 92.9 cm³/mol. The van der Waals surface area contributed by atoms with E-state index in [9.17, 15) is 4.79 Å². The SMILES string of the molecule is C=Cc1ccc(OCC(=O)OC2(C)CCC[Si](C)(C)C2)cc1. The minimum Gasteiger partial charge on any atom is -0.482 e. The van der Waals surface area contributed by atoms with Crippen LogP contribution >= 0.6 is 0 Å². The van der Waals surface area contributed by atoms with E-state index in [1.54, 1.807) is 6.08 Å². The summed E-state index contributed by atoms with van der Waals surface area (Å²) in [5.41, 5.74) is 0.720. The lowest BCUT2D eigenvalue weighted by Crippen LogP contribution is -2.45. The van der Waals surface area contributed by atoms with E-state index in [-0.39, 0.29) is 18.2 Å². The summed E-state index contributed by atoms with van der Waals surface area (Å²) in [5.74, 6) is 0.396. The molecule has 0 N–H and O–H groups in total. The lowest BCUT2D eigenvalue weighted by atomic mass is 10.0. The van der Waals surface area contributed by atoms with Crippen molar-refractivity contribution in [1.29, 1.82) is 0 Å². The van der Waals surface area contributed by atoms with Gasteiger partial charge in [-0.15, -0.1) is 0 Å². The second-order valence-electron chi connectivity index (χ2n) is 7.18. The zero-order chi connectivity index (χ0) is 16.2. The molecule has 4 heteroatoms.